The minimum atomic E-state index is 0.765. The van der Waals surface area contributed by atoms with Crippen molar-refractivity contribution in [1.82, 2.24) is 19.7 Å². The quantitative estimate of drug-likeness (QED) is 0.717. The van der Waals surface area contributed by atoms with Gasteiger partial charge in [-0.1, -0.05) is 6.42 Å². The molecule has 19 heavy (non-hydrogen) atoms. The van der Waals surface area contributed by atoms with E-state index in [0.29, 0.717) is 0 Å². The Morgan fingerprint density at radius 1 is 1.32 bits per heavy atom. The molecule has 0 aromatic carbocycles. The van der Waals surface area contributed by atoms with Crippen molar-refractivity contribution >= 4 is 21.6 Å². The van der Waals surface area contributed by atoms with Crippen molar-refractivity contribution in [3.63, 3.8) is 0 Å². The third kappa shape index (κ3) is 1.85. The molecule has 1 saturated carbocycles. The third-order valence-electron chi connectivity index (χ3n) is 3.76. The zero-order valence-electron chi connectivity index (χ0n) is 10.7. The van der Waals surface area contributed by atoms with Crippen LogP contribution in [0.4, 0.5) is 0 Å². The molecule has 0 bridgehead atoms. The van der Waals surface area contributed by atoms with Gasteiger partial charge in [-0.2, -0.15) is 5.10 Å². The van der Waals surface area contributed by atoms with Crippen molar-refractivity contribution in [2.45, 2.75) is 25.2 Å². The number of thiophene rings is 1. The lowest BCUT2D eigenvalue weighted by Gasteiger charge is -2.23. The summed E-state index contributed by atoms with van der Waals surface area (Å²) >= 11 is 1.82. The standard InChI is InChI=1S/C14H14N4S/c1-18-8-11(7-16-18)13-15-6-10-5-12(9-3-2-4-9)19-14(10)17-13/h5-9H,2-4H2,1H3. The molecule has 3 aromatic heterocycles. The molecule has 3 heterocycles. The summed E-state index contributed by atoms with van der Waals surface area (Å²) in [4.78, 5) is 11.7. The van der Waals surface area contributed by atoms with E-state index < -0.39 is 0 Å². The smallest absolute Gasteiger partial charge is 0.163 e. The number of fused-ring (bicyclic) bond motifs is 1. The van der Waals surface area contributed by atoms with Gasteiger partial charge in [0.1, 0.15) is 4.83 Å². The molecule has 0 radical (unpaired) electrons. The lowest BCUT2D eigenvalue weighted by atomic mass is 9.84. The Kier molecular flexibility index (Phi) is 2.41. The Bertz CT molecular complexity index is 739. The molecule has 0 amide bonds. The van der Waals surface area contributed by atoms with Crippen LogP contribution in [0.25, 0.3) is 21.6 Å². The van der Waals surface area contributed by atoms with Crippen molar-refractivity contribution in [1.29, 1.82) is 0 Å². The van der Waals surface area contributed by atoms with Crippen LogP contribution in [0.15, 0.2) is 24.7 Å². The summed E-state index contributed by atoms with van der Waals surface area (Å²) in [6.45, 7) is 0. The maximum absolute atomic E-state index is 4.67. The first-order valence-electron chi connectivity index (χ1n) is 6.55. The Morgan fingerprint density at radius 2 is 2.21 bits per heavy atom. The van der Waals surface area contributed by atoms with E-state index in [2.05, 4.69) is 21.1 Å². The lowest BCUT2D eigenvalue weighted by Crippen LogP contribution is -2.06. The second-order valence-electron chi connectivity index (χ2n) is 5.13. The minimum Gasteiger partial charge on any atom is -0.275 e. The summed E-state index contributed by atoms with van der Waals surface area (Å²) in [6.07, 6.45) is 9.71. The first kappa shape index (κ1) is 11.1. The van der Waals surface area contributed by atoms with Crippen LogP contribution in [-0.2, 0) is 7.05 Å². The van der Waals surface area contributed by atoms with Gasteiger partial charge in [0.05, 0.1) is 11.8 Å². The normalized spacial score (nSPS) is 15.8. The minimum absolute atomic E-state index is 0.765. The van der Waals surface area contributed by atoms with E-state index in [1.165, 1.54) is 29.5 Å². The highest BCUT2D eigenvalue weighted by Gasteiger charge is 2.22. The molecule has 5 heteroatoms. The van der Waals surface area contributed by atoms with Crippen molar-refractivity contribution in [2.75, 3.05) is 0 Å². The Morgan fingerprint density at radius 3 is 2.89 bits per heavy atom. The molecule has 1 aliphatic rings. The highest BCUT2D eigenvalue weighted by atomic mass is 32.1. The molecular formula is C14H14N4S. The van der Waals surface area contributed by atoms with Gasteiger partial charge in [0.25, 0.3) is 0 Å². The van der Waals surface area contributed by atoms with Gasteiger partial charge in [-0.3, -0.25) is 4.68 Å². The van der Waals surface area contributed by atoms with Gasteiger partial charge in [-0.15, -0.1) is 11.3 Å². The van der Waals surface area contributed by atoms with Gasteiger partial charge in [0.15, 0.2) is 5.82 Å². The molecule has 3 aromatic rings. The summed E-state index contributed by atoms with van der Waals surface area (Å²) in [5.74, 6) is 1.53. The van der Waals surface area contributed by atoms with E-state index in [1.54, 1.807) is 4.68 Å². The molecule has 96 valence electrons. The zero-order valence-corrected chi connectivity index (χ0v) is 11.5. The van der Waals surface area contributed by atoms with Crippen LogP contribution in [0.1, 0.15) is 30.1 Å². The summed E-state index contributed by atoms with van der Waals surface area (Å²) in [7, 11) is 1.90. The van der Waals surface area contributed by atoms with E-state index in [0.717, 1.165) is 22.1 Å². The summed E-state index contributed by atoms with van der Waals surface area (Å²) in [5.41, 5.74) is 0.975. The van der Waals surface area contributed by atoms with Crippen molar-refractivity contribution < 1.29 is 0 Å². The van der Waals surface area contributed by atoms with Crippen LogP contribution in [0, 0.1) is 0 Å². The molecule has 1 fully saturated rings. The fourth-order valence-electron chi connectivity index (χ4n) is 2.42. The van der Waals surface area contributed by atoms with Gasteiger partial charge in [-0.05, 0) is 24.8 Å². The monoisotopic (exact) mass is 270 g/mol. The molecule has 0 atom stereocenters. The van der Waals surface area contributed by atoms with E-state index in [9.17, 15) is 0 Å². The average Bonchev–Trinajstić information content (AvgIpc) is 2.91. The Balaban J connectivity index is 1.77. The Labute approximate surface area is 115 Å². The molecule has 0 aliphatic heterocycles. The maximum atomic E-state index is 4.67. The van der Waals surface area contributed by atoms with Gasteiger partial charge < -0.3 is 0 Å². The number of rotatable bonds is 2. The lowest BCUT2D eigenvalue weighted by molar-refractivity contribution is 0.426. The first-order chi connectivity index (χ1) is 9.29. The van der Waals surface area contributed by atoms with E-state index in [4.69, 9.17) is 0 Å². The SMILES string of the molecule is Cn1cc(-c2ncc3cc(C4CCC4)sc3n2)cn1. The zero-order chi connectivity index (χ0) is 12.8. The Hall–Kier alpha value is -1.75. The number of aryl methyl sites for hydroxylation is 1. The van der Waals surface area contributed by atoms with Crippen molar-refractivity contribution in [3.05, 3.63) is 29.5 Å². The fraction of sp³-hybridized carbons (Fsp3) is 0.357. The predicted octanol–water partition coefficient (Wildman–Crippen LogP) is 3.36. The number of hydrogen-bond donors (Lipinski definition) is 0. The second kappa shape index (κ2) is 4.13. The molecule has 0 unspecified atom stereocenters. The number of nitrogens with zero attached hydrogens (tertiary/aromatic N) is 4. The van der Waals surface area contributed by atoms with Crippen LogP contribution < -0.4 is 0 Å². The largest absolute Gasteiger partial charge is 0.275 e. The van der Waals surface area contributed by atoms with Crippen LogP contribution in [0.2, 0.25) is 0 Å². The average molecular weight is 270 g/mol. The molecule has 1 aliphatic carbocycles. The molecule has 4 rings (SSSR count). The topological polar surface area (TPSA) is 43.6 Å². The fourth-order valence-corrected chi connectivity index (χ4v) is 3.59. The third-order valence-corrected chi connectivity index (χ3v) is 4.97. The maximum Gasteiger partial charge on any atom is 0.163 e. The van der Waals surface area contributed by atoms with Gasteiger partial charge in [0.2, 0.25) is 0 Å². The van der Waals surface area contributed by atoms with Gasteiger partial charge >= 0.3 is 0 Å². The van der Waals surface area contributed by atoms with E-state index >= 15 is 0 Å². The highest BCUT2D eigenvalue weighted by Crippen LogP contribution is 2.41. The first-order valence-corrected chi connectivity index (χ1v) is 7.37. The summed E-state index contributed by atoms with van der Waals surface area (Å²) < 4.78 is 1.77. The summed E-state index contributed by atoms with van der Waals surface area (Å²) in [5, 5.41) is 5.34. The van der Waals surface area contributed by atoms with Crippen LogP contribution in [0.3, 0.4) is 0 Å². The van der Waals surface area contributed by atoms with Gasteiger partial charge in [-0.25, -0.2) is 9.97 Å². The van der Waals surface area contributed by atoms with Crippen LogP contribution in [0.5, 0.6) is 0 Å². The molecule has 0 spiro atoms. The predicted molar refractivity (Wildman–Crippen MR) is 76.2 cm³/mol. The van der Waals surface area contributed by atoms with Crippen LogP contribution >= 0.6 is 11.3 Å². The van der Waals surface area contributed by atoms with Crippen molar-refractivity contribution in [3.8, 4) is 11.4 Å². The summed E-state index contributed by atoms with van der Waals surface area (Å²) in [6, 6.07) is 2.26. The molecule has 0 N–H and O–H groups in total. The number of hydrogen-bond acceptors (Lipinski definition) is 4. The van der Waals surface area contributed by atoms with Crippen LogP contribution in [-0.4, -0.2) is 19.7 Å². The second-order valence-corrected chi connectivity index (χ2v) is 6.20. The van der Waals surface area contributed by atoms with E-state index in [-0.39, 0.29) is 0 Å². The van der Waals surface area contributed by atoms with Gasteiger partial charge in [0, 0.05) is 29.7 Å². The molecular weight excluding hydrogens is 256 g/mol. The van der Waals surface area contributed by atoms with Crippen molar-refractivity contribution in [2.24, 2.45) is 7.05 Å². The number of aromatic nitrogens is 4. The van der Waals surface area contributed by atoms with E-state index in [1.807, 2.05) is 37.0 Å². The molecule has 0 saturated heterocycles. The highest BCUT2D eigenvalue weighted by molar-refractivity contribution is 7.18. The molecule has 4 nitrogen and oxygen atoms in total.